The Morgan fingerprint density at radius 2 is 2.11 bits per heavy atom. The van der Waals surface area contributed by atoms with Crippen molar-refractivity contribution >= 4 is 12.4 Å². The molecule has 2 N–H and O–H groups in total. The van der Waals surface area contributed by atoms with E-state index in [-0.39, 0.29) is 24.9 Å². The SMILES string of the molecule is Cl.OC(Cc1cccc(C(F)(F)F)c1)[C@H]1CCCN1. The number of aliphatic hydroxyl groups is 1. The number of alkyl halides is 3. The first-order valence-electron chi connectivity index (χ1n) is 6.04. The van der Waals surface area contributed by atoms with Crippen molar-refractivity contribution in [3.8, 4) is 0 Å². The summed E-state index contributed by atoms with van der Waals surface area (Å²) in [7, 11) is 0. The summed E-state index contributed by atoms with van der Waals surface area (Å²) in [4.78, 5) is 0. The minimum absolute atomic E-state index is 0. The van der Waals surface area contributed by atoms with Gasteiger partial charge in [-0.25, -0.2) is 0 Å². The molecule has 1 saturated heterocycles. The summed E-state index contributed by atoms with van der Waals surface area (Å²) in [6.07, 6.45) is -2.82. The number of rotatable bonds is 3. The van der Waals surface area contributed by atoms with E-state index in [1.165, 1.54) is 6.07 Å². The highest BCUT2D eigenvalue weighted by Gasteiger charge is 2.30. The monoisotopic (exact) mass is 295 g/mol. The van der Waals surface area contributed by atoms with Gasteiger partial charge >= 0.3 is 6.18 Å². The first-order valence-corrected chi connectivity index (χ1v) is 6.04. The van der Waals surface area contributed by atoms with Gasteiger partial charge in [0.25, 0.3) is 0 Å². The van der Waals surface area contributed by atoms with E-state index in [9.17, 15) is 18.3 Å². The van der Waals surface area contributed by atoms with Gasteiger partial charge in [-0.2, -0.15) is 13.2 Å². The minimum Gasteiger partial charge on any atom is -0.391 e. The third-order valence-electron chi connectivity index (χ3n) is 3.26. The molecular formula is C13H17ClF3NO. The first-order chi connectivity index (χ1) is 8.47. The molecule has 6 heteroatoms. The first kappa shape index (κ1) is 16.3. The number of aliphatic hydroxyl groups excluding tert-OH is 1. The van der Waals surface area contributed by atoms with Gasteiger partial charge in [0, 0.05) is 6.04 Å². The maximum Gasteiger partial charge on any atom is 0.416 e. The van der Waals surface area contributed by atoms with E-state index < -0.39 is 17.8 Å². The van der Waals surface area contributed by atoms with Gasteiger partial charge in [-0.3, -0.25) is 0 Å². The predicted octanol–water partition coefficient (Wildman–Crippen LogP) is 2.78. The molecular weight excluding hydrogens is 279 g/mol. The number of hydrogen-bond donors (Lipinski definition) is 2. The molecule has 0 saturated carbocycles. The summed E-state index contributed by atoms with van der Waals surface area (Å²) in [6, 6.07) is 5.15. The molecule has 0 spiro atoms. The molecule has 0 bridgehead atoms. The van der Waals surface area contributed by atoms with E-state index in [0.717, 1.165) is 31.5 Å². The zero-order valence-corrected chi connectivity index (χ0v) is 11.1. The van der Waals surface area contributed by atoms with E-state index in [4.69, 9.17) is 0 Å². The smallest absolute Gasteiger partial charge is 0.391 e. The highest BCUT2D eigenvalue weighted by molar-refractivity contribution is 5.85. The molecule has 0 aliphatic carbocycles. The fourth-order valence-corrected chi connectivity index (χ4v) is 2.30. The van der Waals surface area contributed by atoms with Crippen molar-refractivity contribution < 1.29 is 18.3 Å². The summed E-state index contributed by atoms with van der Waals surface area (Å²) >= 11 is 0. The third kappa shape index (κ3) is 4.37. The van der Waals surface area contributed by atoms with Gasteiger partial charge in [-0.05, 0) is 37.4 Å². The van der Waals surface area contributed by atoms with E-state index in [1.807, 2.05) is 0 Å². The molecule has 2 rings (SSSR count). The molecule has 0 amide bonds. The Morgan fingerprint density at radius 3 is 2.68 bits per heavy atom. The summed E-state index contributed by atoms with van der Waals surface area (Å²) in [6.45, 7) is 0.865. The standard InChI is InChI=1S/C13H16F3NO.ClH/c14-13(15,16)10-4-1-3-9(7-10)8-12(18)11-5-2-6-17-11;/h1,3-4,7,11-12,17-18H,2,5-6,8H2;1H/t11-,12?;/m1./s1. The molecule has 1 heterocycles. The lowest BCUT2D eigenvalue weighted by Gasteiger charge is -2.18. The van der Waals surface area contributed by atoms with Gasteiger partial charge in [0.2, 0.25) is 0 Å². The lowest BCUT2D eigenvalue weighted by Crippen LogP contribution is -2.36. The second kappa shape index (κ2) is 6.59. The molecule has 1 aliphatic heterocycles. The van der Waals surface area contributed by atoms with Gasteiger partial charge in [0.15, 0.2) is 0 Å². The normalized spacial score (nSPS) is 20.9. The van der Waals surface area contributed by atoms with Gasteiger partial charge in [0.05, 0.1) is 11.7 Å². The molecule has 19 heavy (non-hydrogen) atoms. The van der Waals surface area contributed by atoms with Crippen molar-refractivity contribution in [2.24, 2.45) is 0 Å². The van der Waals surface area contributed by atoms with Crippen LogP contribution in [0.5, 0.6) is 0 Å². The van der Waals surface area contributed by atoms with Crippen LogP contribution in [0.25, 0.3) is 0 Å². The fraction of sp³-hybridized carbons (Fsp3) is 0.538. The van der Waals surface area contributed by atoms with Crippen LogP contribution in [0.4, 0.5) is 13.2 Å². The summed E-state index contributed by atoms with van der Waals surface area (Å²) in [5.41, 5.74) is -0.141. The van der Waals surface area contributed by atoms with Crippen molar-refractivity contribution in [2.45, 2.75) is 37.6 Å². The van der Waals surface area contributed by atoms with Crippen molar-refractivity contribution in [1.82, 2.24) is 5.32 Å². The number of halogens is 4. The van der Waals surface area contributed by atoms with Crippen LogP contribution in [0.1, 0.15) is 24.0 Å². The Labute approximate surface area is 116 Å². The van der Waals surface area contributed by atoms with Crippen molar-refractivity contribution in [3.63, 3.8) is 0 Å². The van der Waals surface area contributed by atoms with E-state index in [1.54, 1.807) is 6.07 Å². The van der Waals surface area contributed by atoms with Gasteiger partial charge < -0.3 is 10.4 Å². The highest BCUT2D eigenvalue weighted by Crippen LogP contribution is 2.29. The van der Waals surface area contributed by atoms with Crippen LogP contribution in [0.3, 0.4) is 0 Å². The lowest BCUT2D eigenvalue weighted by atomic mass is 9.99. The molecule has 1 aromatic carbocycles. The van der Waals surface area contributed by atoms with Gasteiger partial charge in [-0.1, -0.05) is 18.2 Å². The largest absolute Gasteiger partial charge is 0.416 e. The Bertz CT molecular complexity index is 405. The topological polar surface area (TPSA) is 32.3 Å². The summed E-state index contributed by atoms with van der Waals surface area (Å²) in [5, 5.41) is 13.1. The second-order valence-corrected chi connectivity index (χ2v) is 4.67. The molecule has 1 aliphatic rings. The number of nitrogens with one attached hydrogen (secondary N) is 1. The molecule has 0 radical (unpaired) electrons. The van der Waals surface area contributed by atoms with Crippen LogP contribution in [0.15, 0.2) is 24.3 Å². The van der Waals surface area contributed by atoms with E-state index in [2.05, 4.69) is 5.32 Å². The van der Waals surface area contributed by atoms with Gasteiger partial charge in [0.1, 0.15) is 0 Å². The summed E-state index contributed by atoms with van der Waals surface area (Å²) in [5.74, 6) is 0. The summed E-state index contributed by atoms with van der Waals surface area (Å²) < 4.78 is 37.6. The second-order valence-electron chi connectivity index (χ2n) is 4.67. The van der Waals surface area contributed by atoms with Crippen LogP contribution in [0, 0.1) is 0 Å². The Kier molecular flexibility index (Phi) is 5.64. The molecule has 1 aromatic rings. The Balaban J connectivity index is 0.00000180. The Hall–Kier alpha value is -0.780. The molecule has 2 atom stereocenters. The van der Waals surface area contributed by atoms with Crippen LogP contribution < -0.4 is 5.32 Å². The highest BCUT2D eigenvalue weighted by atomic mass is 35.5. The third-order valence-corrected chi connectivity index (χ3v) is 3.26. The van der Waals surface area contributed by atoms with Gasteiger partial charge in [-0.15, -0.1) is 12.4 Å². The van der Waals surface area contributed by atoms with Crippen LogP contribution >= 0.6 is 12.4 Å². The van der Waals surface area contributed by atoms with Crippen LogP contribution in [-0.4, -0.2) is 23.8 Å². The zero-order chi connectivity index (χ0) is 13.2. The average Bonchev–Trinajstić information content (AvgIpc) is 2.81. The minimum atomic E-state index is -4.33. The van der Waals surface area contributed by atoms with E-state index >= 15 is 0 Å². The van der Waals surface area contributed by atoms with Crippen molar-refractivity contribution in [2.75, 3.05) is 6.54 Å². The maximum absolute atomic E-state index is 12.5. The van der Waals surface area contributed by atoms with E-state index in [0.29, 0.717) is 5.56 Å². The maximum atomic E-state index is 12.5. The molecule has 2 nitrogen and oxygen atoms in total. The quantitative estimate of drug-likeness (QED) is 0.899. The van der Waals surface area contributed by atoms with Crippen LogP contribution in [-0.2, 0) is 12.6 Å². The molecule has 108 valence electrons. The van der Waals surface area contributed by atoms with Crippen LogP contribution in [0.2, 0.25) is 0 Å². The Morgan fingerprint density at radius 1 is 1.37 bits per heavy atom. The number of hydrogen-bond acceptors (Lipinski definition) is 2. The predicted molar refractivity (Wildman–Crippen MR) is 69.4 cm³/mol. The van der Waals surface area contributed by atoms with Crippen molar-refractivity contribution in [3.05, 3.63) is 35.4 Å². The zero-order valence-electron chi connectivity index (χ0n) is 10.3. The average molecular weight is 296 g/mol. The molecule has 1 fully saturated rings. The fourth-order valence-electron chi connectivity index (χ4n) is 2.30. The lowest BCUT2D eigenvalue weighted by molar-refractivity contribution is -0.137. The number of benzene rings is 1. The van der Waals surface area contributed by atoms with Crippen molar-refractivity contribution in [1.29, 1.82) is 0 Å². The molecule has 0 aromatic heterocycles. The molecule has 1 unspecified atom stereocenters.